The minimum Gasteiger partial charge on any atom is -0.236 e. The zero-order valence-electron chi connectivity index (χ0n) is 12.8. The monoisotopic (exact) mass is 257 g/mol. The van der Waals surface area contributed by atoms with E-state index in [1.54, 1.807) is 0 Å². The number of aromatic nitrogens is 2. The fraction of sp³-hybridized carbons (Fsp3) is 0.471. The molecule has 2 heteroatoms. The molecule has 2 aromatic rings. The molecule has 102 valence electrons. The van der Waals surface area contributed by atoms with Crippen LogP contribution in [-0.4, -0.2) is 4.57 Å². The number of benzene rings is 1. The first-order valence-electron chi connectivity index (χ1n) is 7.12. The average molecular weight is 257 g/mol. The van der Waals surface area contributed by atoms with Crippen molar-refractivity contribution in [2.75, 3.05) is 0 Å². The van der Waals surface area contributed by atoms with Gasteiger partial charge in [0, 0.05) is 0 Å². The Morgan fingerprint density at radius 1 is 1.11 bits per heavy atom. The molecule has 0 aliphatic carbocycles. The fourth-order valence-electron chi connectivity index (χ4n) is 2.65. The molecule has 0 fully saturated rings. The molecule has 0 N–H and O–H groups in total. The third-order valence-corrected chi connectivity index (χ3v) is 3.55. The first-order valence-corrected chi connectivity index (χ1v) is 7.12. The van der Waals surface area contributed by atoms with Gasteiger partial charge in [0.15, 0.2) is 0 Å². The van der Waals surface area contributed by atoms with E-state index in [-0.39, 0.29) is 0 Å². The van der Waals surface area contributed by atoms with Crippen molar-refractivity contribution in [3.8, 4) is 5.69 Å². The summed E-state index contributed by atoms with van der Waals surface area (Å²) in [5.41, 5.74) is 5.32. The zero-order chi connectivity index (χ0) is 14.0. The number of rotatable bonds is 4. The van der Waals surface area contributed by atoms with Gasteiger partial charge in [-0.1, -0.05) is 31.5 Å². The van der Waals surface area contributed by atoms with Crippen LogP contribution in [-0.2, 0) is 6.54 Å². The van der Waals surface area contributed by atoms with Gasteiger partial charge in [-0.3, -0.25) is 0 Å². The van der Waals surface area contributed by atoms with E-state index in [0.29, 0.717) is 0 Å². The third kappa shape index (κ3) is 3.25. The van der Waals surface area contributed by atoms with Crippen molar-refractivity contribution in [2.24, 2.45) is 5.92 Å². The van der Waals surface area contributed by atoms with Crippen LogP contribution in [0.5, 0.6) is 0 Å². The molecule has 2 rings (SSSR count). The number of aryl methyl sites for hydroxylation is 4. The predicted octanol–water partition coefficient (Wildman–Crippen LogP) is 3.74. The first kappa shape index (κ1) is 13.9. The number of nitrogens with zero attached hydrogens (tertiary/aromatic N) is 2. The Kier molecular flexibility index (Phi) is 4.08. The lowest BCUT2D eigenvalue weighted by Crippen LogP contribution is -2.31. The van der Waals surface area contributed by atoms with Gasteiger partial charge in [0.2, 0.25) is 6.33 Å². The maximum Gasteiger partial charge on any atom is 0.248 e. The van der Waals surface area contributed by atoms with Crippen LogP contribution in [0.4, 0.5) is 0 Å². The van der Waals surface area contributed by atoms with Crippen molar-refractivity contribution in [3.63, 3.8) is 0 Å². The quantitative estimate of drug-likeness (QED) is 0.738. The molecule has 19 heavy (non-hydrogen) atoms. The van der Waals surface area contributed by atoms with Gasteiger partial charge in [0.1, 0.15) is 18.1 Å². The maximum atomic E-state index is 2.28. The van der Waals surface area contributed by atoms with Gasteiger partial charge in [0.05, 0.1) is 6.54 Å². The highest BCUT2D eigenvalue weighted by Crippen LogP contribution is 2.20. The van der Waals surface area contributed by atoms with Gasteiger partial charge < -0.3 is 0 Å². The molecule has 0 aliphatic rings. The Hall–Kier alpha value is -1.57. The zero-order valence-corrected chi connectivity index (χ0v) is 12.8. The molecule has 0 spiro atoms. The second-order valence-corrected chi connectivity index (χ2v) is 5.99. The summed E-state index contributed by atoms with van der Waals surface area (Å²) in [6, 6.07) is 4.50. The molecular formula is C17H25N2+. The Bertz CT molecular complexity index is 541. The topological polar surface area (TPSA) is 8.81 Å². The summed E-state index contributed by atoms with van der Waals surface area (Å²) in [4.78, 5) is 0. The largest absolute Gasteiger partial charge is 0.248 e. The molecule has 0 unspecified atom stereocenters. The molecular weight excluding hydrogens is 232 g/mol. The summed E-state index contributed by atoms with van der Waals surface area (Å²) >= 11 is 0. The Balaban J connectivity index is 2.28. The van der Waals surface area contributed by atoms with Gasteiger partial charge >= 0.3 is 0 Å². The molecule has 0 bridgehead atoms. The molecule has 0 aliphatic heterocycles. The van der Waals surface area contributed by atoms with E-state index in [9.17, 15) is 0 Å². The molecule has 2 nitrogen and oxygen atoms in total. The van der Waals surface area contributed by atoms with Crippen molar-refractivity contribution in [1.29, 1.82) is 0 Å². The molecule has 0 radical (unpaired) electrons. The lowest BCUT2D eigenvalue weighted by Gasteiger charge is -2.07. The number of imidazole rings is 1. The fourth-order valence-corrected chi connectivity index (χ4v) is 2.65. The van der Waals surface area contributed by atoms with E-state index >= 15 is 0 Å². The molecule has 1 aromatic carbocycles. The maximum absolute atomic E-state index is 2.28. The summed E-state index contributed by atoms with van der Waals surface area (Å²) < 4.78 is 4.52. The van der Waals surface area contributed by atoms with E-state index in [2.05, 4.69) is 74.6 Å². The molecule has 0 saturated carbocycles. The van der Waals surface area contributed by atoms with Crippen molar-refractivity contribution >= 4 is 0 Å². The second-order valence-electron chi connectivity index (χ2n) is 5.99. The van der Waals surface area contributed by atoms with Gasteiger partial charge in [-0.05, 0) is 44.2 Å². The summed E-state index contributed by atoms with van der Waals surface area (Å²) in [5.74, 6) is 0.749. The highest BCUT2D eigenvalue weighted by atomic mass is 15.1. The van der Waals surface area contributed by atoms with Crippen LogP contribution in [0.25, 0.3) is 5.69 Å². The summed E-state index contributed by atoms with van der Waals surface area (Å²) in [6.45, 7) is 12.2. The lowest BCUT2D eigenvalue weighted by atomic mass is 10.1. The van der Waals surface area contributed by atoms with Crippen molar-refractivity contribution < 1.29 is 4.57 Å². The number of hydrogen-bond acceptors (Lipinski definition) is 0. The van der Waals surface area contributed by atoms with Crippen LogP contribution < -0.4 is 4.57 Å². The van der Waals surface area contributed by atoms with Gasteiger partial charge in [-0.25, -0.2) is 9.13 Å². The van der Waals surface area contributed by atoms with Gasteiger partial charge in [-0.15, -0.1) is 0 Å². The van der Waals surface area contributed by atoms with E-state index in [0.717, 1.165) is 12.5 Å². The Morgan fingerprint density at radius 2 is 1.74 bits per heavy atom. The molecule has 1 heterocycles. The first-order chi connectivity index (χ1) is 8.97. The minimum absolute atomic E-state index is 0.749. The van der Waals surface area contributed by atoms with Crippen LogP contribution in [0.3, 0.4) is 0 Å². The van der Waals surface area contributed by atoms with Crippen molar-refractivity contribution in [1.82, 2.24) is 4.57 Å². The summed E-state index contributed by atoms with van der Waals surface area (Å²) in [6.07, 6.45) is 7.75. The molecule has 1 aromatic heterocycles. The van der Waals surface area contributed by atoms with Crippen LogP contribution in [0.15, 0.2) is 30.9 Å². The van der Waals surface area contributed by atoms with Crippen molar-refractivity contribution in [3.05, 3.63) is 47.5 Å². The molecule has 0 saturated heterocycles. The standard InChI is InChI=1S/C17H25N2/c1-13(2)6-7-18-8-9-19(12-18)17-15(4)10-14(3)11-16(17)5/h8-13H,6-7H2,1-5H3/q+1. The predicted molar refractivity (Wildman–Crippen MR) is 79.6 cm³/mol. The van der Waals surface area contributed by atoms with E-state index < -0.39 is 0 Å². The summed E-state index contributed by atoms with van der Waals surface area (Å²) in [5, 5.41) is 0. The van der Waals surface area contributed by atoms with E-state index in [4.69, 9.17) is 0 Å². The minimum atomic E-state index is 0.749. The molecule has 0 amide bonds. The van der Waals surface area contributed by atoms with Crippen LogP contribution in [0.2, 0.25) is 0 Å². The van der Waals surface area contributed by atoms with Gasteiger partial charge in [0.25, 0.3) is 0 Å². The van der Waals surface area contributed by atoms with E-state index in [1.807, 2.05) is 0 Å². The molecule has 0 atom stereocenters. The summed E-state index contributed by atoms with van der Waals surface area (Å²) in [7, 11) is 0. The lowest BCUT2D eigenvalue weighted by molar-refractivity contribution is -0.697. The van der Waals surface area contributed by atoms with Gasteiger partial charge in [-0.2, -0.15) is 0 Å². The highest BCUT2D eigenvalue weighted by Gasteiger charge is 2.12. The van der Waals surface area contributed by atoms with Crippen LogP contribution in [0.1, 0.15) is 37.0 Å². The number of hydrogen-bond donors (Lipinski definition) is 0. The average Bonchev–Trinajstić information content (AvgIpc) is 2.73. The normalized spacial score (nSPS) is 11.3. The SMILES string of the molecule is Cc1cc(C)c(-n2cc[n+](CCC(C)C)c2)c(C)c1. The second kappa shape index (κ2) is 5.60. The Labute approximate surface area is 116 Å². The van der Waals surface area contributed by atoms with Crippen LogP contribution >= 0.6 is 0 Å². The highest BCUT2D eigenvalue weighted by molar-refractivity contribution is 5.48. The van der Waals surface area contributed by atoms with E-state index in [1.165, 1.54) is 28.8 Å². The smallest absolute Gasteiger partial charge is 0.236 e. The van der Waals surface area contributed by atoms with Crippen LogP contribution in [0, 0.1) is 26.7 Å². The Morgan fingerprint density at radius 3 is 2.32 bits per heavy atom. The third-order valence-electron chi connectivity index (χ3n) is 3.55. The van der Waals surface area contributed by atoms with Crippen molar-refractivity contribution in [2.45, 2.75) is 47.6 Å².